The van der Waals surface area contributed by atoms with E-state index in [4.69, 9.17) is 4.74 Å². The quantitative estimate of drug-likeness (QED) is 0.802. The summed E-state index contributed by atoms with van der Waals surface area (Å²) >= 11 is 1.60. The number of carbonyl (C=O) groups is 2. The molecule has 1 saturated heterocycles. The molecule has 2 rings (SSSR count). The van der Waals surface area contributed by atoms with Crippen LogP contribution in [-0.2, 0) is 10.3 Å². The lowest BCUT2D eigenvalue weighted by molar-refractivity contribution is -0.123. The molecule has 0 aromatic heterocycles. The lowest BCUT2D eigenvalue weighted by atomic mass is 9.92. The number of urea groups is 1. The highest BCUT2D eigenvalue weighted by Gasteiger charge is 2.47. The van der Waals surface area contributed by atoms with Gasteiger partial charge in [-0.15, -0.1) is 0 Å². The zero-order valence-corrected chi connectivity index (χ0v) is 11.7. The van der Waals surface area contributed by atoms with Gasteiger partial charge in [-0.3, -0.25) is 10.1 Å². The topological polar surface area (TPSA) is 67.4 Å². The molecular formula is C13H16N2O3S. The lowest BCUT2D eigenvalue weighted by Crippen LogP contribution is -2.46. The van der Waals surface area contributed by atoms with Crippen molar-refractivity contribution in [2.45, 2.75) is 12.5 Å². The minimum atomic E-state index is -1.01. The van der Waals surface area contributed by atoms with Crippen molar-refractivity contribution in [1.82, 2.24) is 10.6 Å². The number of benzene rings is 1. The summed E-state index contributed by atoms with van der Waals surface area (Å²) in [5.74, 6) is 1.71. The van der Waals surface area contributed by atoms with Gasteiger partial charge < -0.3 is 10.1 Å². The van der Waals surface area contributed by atoms with Gasteiger partial charge in [0, 0.05) is 5.75 Å². The van der Waals surface area contributed by atoms with Gasteiger partial charge in [-0.25, -0.2) is 4.79 Å². The zero-order chi connectivity index (χ0) is 13.9. The van der Waals surface area contributed by atoms with Gasteiger partial charge >= 0.3 is 6.03 Å². The molecule has 0 aliphatic carbocycles. The Morgan fingerprint density at radius 2 is 2.16 bits per heavy atom. The minimum Gasteiger partial charge on any atom is -0.497 e. The van der Waals surface area contributed by atoms with Gasteiger partial charge in [0.2, 0.25) is 0 Å². The average Bonchev–Trinajstić information content (AvgIpc) is 2.72. The smallest absolute Gasteiger partial charge is 0.322 e. The molecule has 19 heavy (non-hydrogen) atoms. The van der Waals surface area contributed by atoms with Gasteiger partial charge in [-0.05, 0) is 23.4 Å². The molecule has 6 heteroatoms. The molecule has 3 amide bonds. The van der Waals surface area contributed by atoms with Crippen molar-refractivity contribution in [2.75, 3.05) is 18.6 Å². The third-order valence-electron chi connectivity index (χ3n) is 3.03. The van der Waals surface area contributed by atoms with E-state index < -0.39 is 11.6 Å². The molecule has 1 aliphatic heterocycles. The third-order valence-corrected chi connectivity index (χ3v) is 4.07. The van der Waals surface area contributed by atoms with E-state index >= 15 is 0 Å². The van der Waals surface area contributed by atoms with Crippen molar-refractivity contribution in [1.29, 1.82) is 0 Å². The zero-order valence-electron chi connectivity index (χ0n) is 10.9. The number of hydrogen-bond donors (Lipinski definition) is 2. The molecule has 0 bridgehead atoms. The van der Waals surface area contributed by atoms with E-state index in [1.165, 1.54) is 0 Å². The molecule has 1 unspecified atom stereocenters. The highest BCUT2D eigenvalue weighted by atomic mass is 32.2. The van der Waals surface area contributed by atoms with Crippen molar-refractivity contribution in [3.05, 3.63) is 29.8 Å². The summed E-state index contributed by atoms with van der Waals surface area (Å²) in [6.07, 6.45) is 0. The first-order valence-corrected chi connectivity index (χ1v) is 7.13. The Morgan fingerprint density at radius 1 is 1.37 bits per heavy atom. The minimum absolute atomic E-state index is 0.313. The Labute approximate surface area is 116 Å². The number of amides is 3. The Bertz CT molecular complexity index is 506. The largest absolute Gasteiger partial charge is 0.497 e. The summed E-state index contributed by atoms with van der Waals surface area (Å²) in [4.78, 5) is 23.6. The van der Waals surface area contributed by atoms with Crippen LogP contribution < -0.4 is 15.4 Å². The molecule has 1 aromatic rings. The predicted molar refractivity (Wildman–Crippen MR) is 74.3 cm³/mol. The van der Waals surface area contributed by atoms with Gasteiger partial charge in [0.1, 0.15) is 5.75 Å². The molecule has 5 nitrogen and oxygen atoms in total. The second-order valence-corrected chi connectivity index (χ2v) is 5.46. The van der Waals surface area contributed by atoms with Crippen molar-refractivity contribution in [3.8, 4) is 5.75 Å². The van der Waals surface area contributed by atoms with Crippen LogP contribution in [0.25, 0.3) is 0 Å². The highest BCUT2D eigenvalue weighted by Crippen LogP contribution is 2.31. The lowest BCUT2D eigenvalue weighted by Gasteiger charge is -2.26. The molecule has 1 heterocycles. The van der Waals surface area contributed by atoms with Gasteiger partial charge in [0.25, 0.3) is 5.91 Å². The second kappa shape index (κ2) is 5.52. The number of hydrogen-bond acceptors (Lipinski definition) is 4. The van der Waals surface area contributed by atoms with Crippen molar-refractivity contribution in [2.24, 2.45) is 0 Å². The molecule has 102 valence electrons. The van der Waals surface area contributed by atoms with E-state index in [1.54, 1.807) is 31.0 Å². The Hall–Kier alpha value is -1.69. The van der Waals surface area contributed by atoms with E-state index in [0.717, 1.165) is 11.3 Å². The molecular weight excluding hydrogens is 264 g/mol. The van der Waals surface area contributed by atoms with Crippen LogP contribution in [-0.4, -0.2) is 30.6 Å². The molecule has 0 saturated carbocycles. The number of carbonyl (C=O) groups excluding carboxylic acids is 2. The SMILES string of the molecule is CCSCC1(c2cccc(OC)c2)NC(=O)NC1=O. The van der Waals surface area contributed by atoms with Crippen LogP contribution in [0.2, 0.25) is 0 Å². The first-order valence-electron chi connectivity index (χ1n) is 5.98. The number of rotatable bonds is 5. The normalized spacial score (nSPS) is 22.0. The molecule has 2 N–H and O–H groups in total. The van der Waals surface area contributed by atoms with Gasteiger partial charge in [-0.1, -0.05) is 19.1 Å². The van der Waals surface area contributed by atoms with Crippen LogP contribution >= 0.6 is 11.8 Å². The maximum absolute atomic E-state index is 12.2. The molecule has 1 fully saturated rings. The van der Waals surface area contributed by atoms with E-state index in [0.29, 0.717) is 11.5 Å². The second-order valence-electron chi connectivity index (χ2n) is 4.18. The molecule has 1 aliphatic rings. The number of imide groups is 1. The summed E-state index contributed by atoms with van der Waals surface area (Å²) in [5, 5.41) is 5.05. The standard InChI is InChI=1S/C13H16N2O3S/c1-3-19-8-13(11(16)14-12(17)15-13)9-5-4-6-10(7-9)18-2/h4-7H,3,8H2,1-2H3,(H2,14,15,16,17). The molecule has 1 atom stereocenters. The maximum atomic E-state index is 12.2. The van der Waals surface area contributed by atoms with Crippen LogP contribution in [0.3, 0.4) is 0 Å². The van der Waals surface area contributed by atoms with Crippen LogP contribution in [0.1, 0.15) is 12.5 Å². The molecule has 0 radical (unpaired) electrons. The summed E-state index contributed by atoms with van der Waals surface area (Å²) in [6, 6.07) is 6.76. The molecule has 1 aromatic carbocycles. The summed E-state index contributed by atoms with van der Waals surface area (Å²) < 4.78 is 5.17. The van der Waals surface area contributed by atoms with E-state index in [-0.39, 0.29) is 5.91 Å². The van der Waals surface area contributed by atoms with Crippen molar-refractivity contribution >= 4 is 23.7 Å². The van der Waals surface area contributed by atoms with E-state index in [2.05, 4.69) is 10.6 Å². The van der Waals surface area contributed by atoms with Crippen LogP contribution in [0.4, 0.5) is 4.79 Å². The third kappa shape index (κ3) is 2.53. The van der Waals surface area contributed by atoms with Crippen LogP contribution in [0.15, 0.2) is 24.3 Å². The van der Waals surface area contributed by atoms with Gasteiger partial charge in [0.15, 0.2) is 5.54 Å². The van der Waals surface area contributed by atoms with E-state index in [9.17, 15) is 9.59 Å². The van der Waals surface area contributed by atoms with Crippen LogP contribution in [0.5, 0.6) is 5.75 Å². The predicted octanol–water partition coefficient (Wildman–Crippen LogP) is 1.48. The van der Waals surface area contributed by atoms with Gasteiger partial charge in [0.05, 0.1) is 7.11 Å². The molecule has 0 spiro atoms. The van der Waals surface area contributed by atoms with Gasteiger partial charge in [-0.2, -0.15) is 11.8 Å². The highest BCUT2D eigenvalue weighted by molar-refractivity contribution is 7.99. The number of thioether (sulfide) groups is 1. The monoisotopic (exact) mass is 280 g/mol. The fourth-order valence-electron chi connectivity index (χ4n) is 2.02. The summed E-state index contributed by atoms with van der Waals surface area (Å²) in [7, 11) is 1.57. The first kappa shape index (κ1) is 13.7. The van der Waals surface area contributed by atoms with Crippen molar-refractivity contribution < 1.29 is 14.3 Å². The Morgan fingerprint density at radius 3 is 2.74 bits per heavy atom. The summed E-state index contributed by atoms with van der Waals surface area (Å²) in [6.45, 7) is 2.01. The Kier molecular flexibility index (Phi) is 3.99. The number of methoxy groups -OCH3 is 1. The van der Waals surface area contributed by atoms with E-state index in [1.807, 2.05) is 19.1 Å². The maximum Gasteiger partial charge on any atom is 0.322 e. The fraction of sp³-hybridized carbons (Fsp3) is 0.385. The number of nitrogens with one attached hydrogen (secondary N) is 2. The van der Waals surface area contributed by atoms with Crippen LogP contribution in [0, 0.1) is 0 Å². The number of ether oxygens (including phenoxy) is 1. The average molecular weight is 280 g/mol. The first-order chi connectivity index (χ1) is 9.12. The fourth-order valence-corrected chi connectivity index (χ4v) is 2.90. The van der Waals surface area contributed by atoms with Crippen molar-refractivity contribution in [3.63, 3.8) is 0 Å². The summed E-state index contributed by atoms with van der Waals surface area (Å²) in [5.41, 5.74) is -0.275. The Balaban J connectivity index is 2.42.